The molecule has 4 nitrogen and oxygen atoms in total. The number of nitrogens with one attached hydrogen (secondary N) is 1. The first-order valence-corrected chi connectivity index (χ1v) is 7.26. The number of anilines is 1. The Balaban J connectivity index is 2.25. The quantitative estimate of drug-likeness (QED) is 0.814. The Kier molecular flexibility index (Phi) is 6.42. The zero-order valence-corrected chi connectivity index (χ0v) is 12.3. The minimum Gasteiger partial charge on any atom is -0.462 e. The Morgan fingerprint density at radius 1 is 1.21 bits per heavy atom. The summed E-state index contributed by atoms with van der Waals surface area (Å²) in [7, 11) is 0. The summed E-state index contributed by atoms with van der Waals surface area (Å²) < 4.78 is 4.97. The van der Waals surface area contributed by atoms with Crippen LogP contribution >= 0.6 is 11.8 Å². The van der Waals surface area contributed by atoms with Crippen molar-refractivity contribution in [3.63, 3.8) is 0 Å². The van der Waals surface area contributed by atoms with Gasteiger partial charge in [-0.05, 0) is 32.9 Å². The fourth-order valence-electron chi connectivity index (χ4n) is 1.36. The molecule has 1 aromatic rings. The molecule has 1 rings (SSSR count). The Hall–Kier alpha value is -1.49. The second-order valence-corrected chi connectivity index (χ2v) is 5.43. The van der Waals surface area contributed by atoms with Gasteiger partial charge in [0.15, 0.2) is 0 Å². The number of carbonyl (C=O) groups is 2. The van der Waals surface area contributed by atoms with E-state index >= 15 is 0 Å². The molecule has 0 spiro atoms. The lowest BCUT2D eigenvalue weighted by atomic mass is 10.2. The molecule has 0 saturated carbocycles. The number of carbonyl (C=O) groups excluding carboxylic acids is 2. The first kappa shape index (κ1) is 15.6. The van der Waals surface area contributed by atoms with Crippen molar-refractivity contribution in [3.05, 3.63) is 29.8 Å². The molecule has 1 aromatic carbocycles. The fraction of sp³-hybridized carbons (Fsp3) is 0.429. The summed E-state index contributed by atoms with van der Waals surface area (Å²) in [6, 6.07) is 7.57. The van der Waals surface area contributed by atoms with E-state index in [0.717, 1.165) is 11.3 Å². The van der Waals surface area contributed by atoms with Crippen LogP contribution in [0.3, 0.4) is 0 Å². The molecule has 0 heterocycles. The van der Waals surface area contributed by atoms with Gasteiger partial charge in [-0.1, -0.05) is 17.7 Å². The van der Waals surface area contributed by atoms with Gasteiger partial charge in [0.25, 0.3) is 0 Å². The van der Waals surface area contributed by atoms with Crippen LogP contribution in [-0.2, 0) is 14.3 Å². The predicted octanol–water partition coefficient (Wildman–Crippen LogP) is 2.62. The second-order valence-electron chi connectivity index (χ2n) is 4.45. The van der Waals surface area contributed by atoms with E-state index in [1.165, 1.54) is 11.8 Å². The molecule has 1 amide bonds. The average Bonchev–Trinajstić information content (AvgIpc) is 2.31. The highest BCUT2D eigenvalue weighted by atomic mass is 32.2. The maximum atomic E-state index is 11.6. The smallest absolute Gasteiger partial charge is 0.316 e. The van der Waals surface area contributed by atoms with E-state index in [-0.39, 0.29) is 29.5 Å². The second kappa shape index (κ2) is 7.84. The molecule has 0 saturated heterocycles. The Labute approximate surface area is 117 Å². The number of hydrogen-bond acceptors (Lipinski definition) is 4. The number of hydrogen-bond donors (Lipinski definition) is 1. The van der Waals surface area contributed by atoms with Crippen LogP contribution in [0.5, 0.6) is 0 Å². The van der Waals surface area contributed by atoms with Crippen molar-refractivity contribution < 1.29 is 14.3 Å². The van der Waals surface area contributed by atoms with E-state index in [9.17, 15) is 9.59 Å². The van der Waals surface area contributed by atoms with Gasteiger partial charge in [0, 0.05) is 5.69 Å². The third-order valence-electron chi connectivity index (χ3n) is 2.16. The van der Waals surface area contributed by atoms with Gasteiger partial charge in [0.2, 0.25) is 5.91 Å². The summed E-state index contributed by atoms with van der Waals surface area (Å²) in [5.74, 6) is 0.0231. The van der Waals surface area contributed by atoms with Crippen LogP contribution in [0.25, 0.3) is 0 Å². The third kappa shape index (κ3) is 6.86. The van der Waals surface area contributed by atoms with Crippen LogP contribution in [0.4, 0.5) is 5.69 Å². The fourth-order valence-corrected chi connectivity index (χ4v) is 1.95. The van der Waals surface area contributed by atoms with Gasteiger partial charge in [-0.25, -0.2) is 0 Å². The summed E-state index contributed by atoms with van der Waals surface area (Å²) >= 11 is 1.25. The SMILES string of the molecule is Cc1ccc(NC(=O)CSCC(=O)OC(C)C)cc1. The zero-order valence-electron chi connectivity index (χ0n) is 11.4. The molecule has 0 fully saturated rings. The van der Waals surface area contributed by atoms with Gasteiger partial charge in [-0.15, -0.1) is 11.8 Å². The minimum atomic E-state index is -0.289. The maximum absolute atomic E-state index is 11.6. The van der Waals surface area contributed by atoms with Crippen LogP contribution in [-0.4, -0.2) is 29.5 Å². The van der Waals surface area contributed by atoms with E-state index in [2.05, 4.69) is 5.32 Å². The molecule has 0 unspecified atom stereocenters. The van der Waals surface area contributed by atoms with E-state index in [4.69, 9.17) is 4.74 Å². The summed E-state index contributed by atoms with van der Waals surface area (Å²) in [4.78, 5) is 22.9. The summed E-state index contributed by atoms with van der Waals surface area (Å²) in [5.41, 5.74) is 1.91. The molecular formula is C14H19NO3S. The van der Waals surface area contributed by atoms with E-state index in [1.54, 1.807) is 13.8 Å². The van der Waals surface area contributed by atoms with E-state index in [1.807, 2.05) is 31.2 Å². The van der Waals surface area contributed by atoms with Gasteiger partial charge < -0.3 is 10.1 Å². The molecule has 0 aliphatic carbocycles. The summed E-state index contributed by atoms with van der Waals surface area (Å²) in [5, 5.41) is 2.77. The molecule has 0 atom stereocenters. The highest BCUT2D eigenvalue weighted by Gasteiger charge is 2.08. The van der Waals surface area contributed by atoms with Crippen molar-refractivity contribution in [3.8, 4) is 0 Å². The van der Waals surface area contributed by atoms with Crippen molar-refractivity contribution >= 4 is 29.3 Å². The van der Waals surface area contributed by atoms with Crippen LogP contribution in [0, 0.1) is 6.92 Å². The normalized spacial score (nSPS) is 10.3. The molecule has 0 radical (unpaired) electrons. The summed E-state index contributed by atoms with van der Waals surface area (Å²) in [6.45, 7) is 5.58. The number of amides is 1. The van der Waals surface area contributed by atoms with E-state index in [0.29, 0.717) is 0 Å². The molecular weight excluding hydrogens is 262 g/mol. The molecule has 0 aliphatic heterocycles. The topological polar surface area (TPSA) is 55.4 Å². The van der Waals surface area contributed by atoms with Crippen molar-refractivity contribution in [1.82, 2.24) is 0 Å². The van der Waals surface area contributed by atoms with Crippen LogP contribution in [0.1, 0.15) is 19.4 Å². The Morgan fingerprint density at radius 3 is 2.42 bits per heavy atom. The lowest BCUT2D eigenvalue weighted by Crippen LogP contribution is -2.17. The maximum Gasteiger partial charge on any atom is 0.316 e. The Morgan fingerprint density at radius 2 is 1.84 bits per heavy atom. The molecule has 0 bridgehead atoms. The number of rotatable bonds is 6. The molecule has 0 aliphatic rings. The standard InChI is InChI=1S/C14H19NO3S/c1-10(2)18-14(17)9-19-8-13(16)15-12-6-4-11(3)5-7-12/h4-7,10H,8-9H2,1-3H3,(H,15,16). The highest BCUT2D eigenvalue weighted by Crippen LogP contribution is 2.10. The largest absolute Gasteiger partial charge is 0.462 e. The molecule has 0 aromatic heterocycles. The predicted molar refractivity (Wildman–Crippen MR) is 78.4 cm³/mol. The van der Waals surface area contributed by atoms with Crippen LogP contribution in [0.2, 0.25) is 0 Å². The average molecular weight is 281 g/mol. The number of benzene rings is 1. The summed E-state index contributed by atoms with van der Waals surface area (Å²) in [6.07, 6.45) is -0.116. The van der Waals surface area contributed by atoms with E-state index < -0.39 is 0 Å². The van der Waals surface area contributed by atoms with Crippen molar-refractivity contribution in [2.75, 3.05) is 16.8 Å². The van der Waals surface area contributed by atoms with Crippen LogP contribution < -0.4 is 5.32 Å². The van der Waals surface area contributed by atoms with Crippen molar-refractivity contribution in [2.24, 2.45) is 0 Å². The first-order chi connectivity index (χ1) is 8.97. The van der Waals surface area contributed by atoms with Crippen molar-refractivity contribution in [1.29, 1.82) is 0 Å². The van der Waals surface area contributed by atoms with Gasteiger partial charge in [0.05, 0.1) is 17.6 Å². The highest BCUT2D eigenvalue weighted by molar-refractivity contribution is 8.00. The van der Waals surface area contributed by atoms with Crippen LogP contribution in [0.15, 0.2) is 24.3 Å². The first-order valence-electron chi connectivity index (χ1n) is 6.11. The van der Waals surface area contributed by atoms with Gasteiger partial charge in [-0.3, -0.25) is 9.59 Å². The van der Waals surface area contributed by atoms with Gasteiger partial charge >= 0.3 is 5.97 Å². The lowest BCUT2D eigenvalue weighted by Gasteiger charge is -2.08. The lowest BCUT2D eigenvalue weighted by molar-refractivity contribution is -0.144. The van der Waals surface area contributed by atoms with Gasteiger partial charge in [0.1, 0.15) is 0 Å². The number of aryl methyl sites for hydroxylation is 1. The number of ether oxygens (including phenoxy) is 1. The zero-order chi connectivity index (χ0) is 14.3. The third-order valence-corrected chi connectivity index (χ3v) is 3.06. The molecule has 19 heavy (non-hydrogen) atoms. The minimum absolute atomic E-state index is 0.116. The van der Waals surface area contributed by atoms with Crippen molar-refractivity contribution in [2.45, 2.75) is 26.9 Å². The molecule has 104 valence electrons. The van der Waals surface area contributed by atoms with Gasteiger partial charge in [-0.2, -0.15) is 0 Å². The Bertz CT molecular complexity index is 429. The number of thioether (sulfide) groups is 1. The molecule has 1 N–H and O–H groups in total. The number of esters is 1. The molecule has 5 heteroatoms. The monoisotopic (exact) mass is 281 g/mol.